The zero-order chi connectivity index (χ0) is 11.4. The number of thiophene rings is 1. The Kier molecular flexibility index (Phi) is 3.08. The molecular weight excluding hydrogens is 218 g/mol. The fourth-order valence-corrected chi connectivity index (χ4v) is 2.02. The SMILES string of the molecule is N#Cc1ccc(N)c(NCc2cccs2)c1. The molecule has 0 atom stereocenters. The van der Waals surface area contributed by atoms with E-state index in [2.05, 4.69) is 17.5 Å². The number of nitrogen functional groups attached to an aromatic ring is 1. The number of hydrogen-bond acceptors (Lipinski definition) is 4. The molecule has 1 aromatic heterocycles. The van der Waals surface area contributed by atoms with Gasteiger partial charge in [-0.05, 0) is 29.6 Å². The molecule has 0 bridgehead atoms. The number of anilines is 2. The Morgan fingerprint density at radius 1 is 1.38 bits per heavy atom. The van der Waals surface area contributed by atoms with Crippen LogP contribution in [-0.4, -0.2) is 0 Å². The van der Waals surface area contributed by atoms with E-state index >= 15 is 0 Å². The third-order valence-electron chi connectivity index (χ3n) is 2.22. The molecule has 4 heteroatoms. The molecule has 0 unspecified atom stereocenters. The zero-order valence-electron chi connectivity index (χ0n) is 8.60. The highest BCUT2D eigenvalue weighted by atomic mass is 32.1. The second-order valence-corrected chi connectivity index (χ2v) is 4.38. The van der Waals surface area contributed by atoms with Crippen molar-refractivity contribution in [3.05, 3.63) is 46.2 Å². The molecule has 0 saturated carbocycles. The van der Waals surface area contributed by atoms with Crippen molar-refractivity contribution in [3.63, 3.8) is 0 Å². The van der Waals surface area contributed by atoms with E-state index < -0.39 is 0 Å². The Morgan fingerprint density at radius 2 is 2.25 bits per heavy atom. The van der Waals surface area contributed by atoms with Gasteiger partial charge in [-0.1, -0.05) is 6.07 Å². The summed E-state index contributed by atoms with van der Waals surface area (Å²) in [6, 6.07) is 11.4. The van der Waals surface area contributed by atoms with Crippen LogP contribution in [0.15, 0.2) is 35.7 Å². The molecule has 2 rings (SSSR count). The molecule has 0 aliphatic heterocycles. The molecule has 3 nitrogen and oxygen atoms in total. The van der Waals surface area contributed by atoms with Gasteiger partial charge in [-0.3, -0.25) is 0 Å². The molecule has 0 aliphatic rings. The quantitative estimate of drug-likeness (QED) is 0.795. The van der Waals surface area contributed by atoms with Crippen LogP contribution in [0.1, 0.15) is 10.4 Å². The van der Waals surface area contributed by atoms with Crippen LogP contribution in [-0.2, 0) is 6.54 Å². The molecule has 16 heavy (non-hydrogen) atoms. The number of rotatable bonds is 3. The molecule has 0 fully saturated rings. The van der Waals surface area contributed by atoms with Gasteiger partial charge in [0.15, 0.2) is 0 Å². The summed E-state index contributed by atoms with van der Waals surface area (Å²) in [6.45, 7) is 0.733. The Labute approximate surface area is 98.1 Å². The highest BCUT2D eigenvalue weighted by molar-refractivity contribution is 7.09. The maximum Gasteiger partial charge on any atom is 0.0992 e. The lowest BCUT2D eigenvalue weighted by Crippen LogP contribution is -2.01. The predicted octanol–water partition coefficient (Wildman–Crippen LogP) is 2.81. The molecule has 2 aromatic rings. The maximum absolute atomic E-state index is 8.79. The van der Waals surface area contributed by atoms with E-state index in [4.69, 9.17) is 11.0 Å². The molecular formula is C12H11N3S. The van der Waals surface area contributed by atoms with Gasteiger partial charge >= 0.3 is 0 Å². The molecule has 0 saturated heterocycles. The van der Waals surface area contributed by atoms with Crippen LogP contribution in [0.4, 0.5) is 11.4 Å². The first-order valence-corrected chi connectivity index (χ1v) is 5.73. The van der Waals surface area contributed by atoms with Crippen molar-refractivity contribution in [1.29, 1.82) is 5.26 Å². The minimum atomic E-state index is 0.614. The van der Waals surface area contributed by atoms with Crippen molar-refractivity contribution >= 4 is 22.7 Å². The Bertz CT molecular complexity index is 512. The second-order valence-electron chi connectivity index (χ2n) is 3.35. The predicted molar refractivity (Wildman–Crippen MR) is 67.2 cm³/mol. The van der Waals surface area contributed by atoms with Gasteiger partial charge in [0.1, 0.15) is 0 Å². The monoisotopic (exact) mass is 229 g/mol. The van der Waals surface area contributed by atoms with Gasteiger partial charge in [0, 0.05) is 11.4 Å². The van der Waals surface area contributed by atoms with Crippen molar-refractivity contribution in [1.82, 2.24) is 0 Å². The number of hydrogen-bond donors (Lipinski definition) is 2. The first-order valence-electron chi connectivity index (χ1n) is 4.85. The summed E-state index contributed by atoms with van der Waals surface area (Å²) in [5.41, 5.74) is 7.90. The van der Waals surface area contributed by atoms with E-state index in [1.165, 1.54) is 4.88 Å². The standard InChI is InChI=1S/C12H11N3S/c13-7-9-3-4-11(14)12(6-9)15-8-10-2-1-5-16-10/h1-6,15H,8,14H2. The fourth-order valence-electron chi connectivity index (χ4n) is 1.37. The number of nitrogens with one attached hydrogen (secondary N) is 1. The molecule has 1 heterocycles. The van der Waals surface area contributed by atoms with E-state index in [0.29, 0.717) is 11.3 Å². The van der Waals surface area contributed by atoms with E-state index in [1.807, 2.05) is 11.4 Å². The first kappa shape index (κ1) is 10.5. The zero-order valence-corrected chi connectivity index (χ0v) is 9.42. The second kappa shape index (κ2) is 4.69. The first-order chi connectivity index (χ1) is 7.79. The fraction of sp³-hybridized carbons (Fsp3) is 0.0833. The van der Waals surface area contributed by atoms with Gasteiger partial charge in [-0.15, -0.1) is 11.3 Å². The molecule has 0 radical (unpaired) electrons. The lowest BCUT2D eigenvalue weighted by molar-refractivity contribution is 1.19. The molecule has 0 amide bonds. The lowest BCUT2D eigenvalue weighted by Gasteiger charge is -2.08. The number of nitriles is 1. The van der Waals surface area contributed by atoms with Crippen LogP contribution in [0.2, 0.25) is 0 Å². The van der Waals surface area contributed by atoms with Gasteiger partial charge in [-0.2, -0.15) is 5.26 Å². The molecule has 0 spiro atoms. The number of benzene rings is 1. The van der Waals surface area contributed by atoms with Crippen molar-refractivity contribution < 1.29 is 0 Å². The van der Waals surface area contributed by atoms with Gasteiger partial charge in [0.25, 0.3) is 0 Å². The highest BCUT2D eigenvalue weighted by Gasteiger charge is 2.01. The van der Waals surface area contributed by atoms with E-state index in [1.54, 1.807) is 29.5 Å². The van der Waals surface area contributed by atoms with E-state index in [0.717, 1.165) is 12.2 Å². The van der Waals surface area contributed by atoms with Crippen molar-refractivity contribution in [2.45, 2.75) is 6.54 Å². The van der Waals surface area contributed by atoms with Crippen molar-refractivity contribution in [2.75, 3.05) is 11.1 Å². The minimum absolute atomic E-state index is 0.614. The number of nitrogens with two attached hydrogens (primary N) is 1. The van der Waals surface area contributed by atoms with Crippen LogP contribution in [0.3, 0.4) is 0 Å². The van der Waals surface area contributed by atoms with Crippen LogP contribution in [0.25, 0.3) is 0 Å². The number of nitrogens with zero attached hydrogens (tertiary/aromatic N) is 1. The van der Waals surface area contributed by atoms with Gasteiger partial charge < -0.3 is 11.1 Å². The topological polar surface area (TPSA) is 61.8 Å². The van der Waals surface area contributed by atoms with Gasteiger partial charge in [0.05, 0.1) is 23.0 Å². The summed E-state index contributed by atoms with van der Waals surface area (Å²) in [6.07, 6.45) is 0. The Hall–Kier alpha value is -1.99. The summed E-state index contributed by atoms with van der Waals surface area (Å²) < 4.78 is 0. The Balaban J connectivity index is 2.12. The van der Waals surface area contributed by atoms with E-state index in [9.17, 15) is 0 Å². The highest BCUT2D eigenvalue weighted by Crippen LogP contribution is 2.21. The summed E-state index contributed by atoms with van der Waals surface area (Å²) >= 11 is 1.69. The average molecular weight is 229 g/mol. The summed E-state index contributed by atoms with van der Waals surface area (Å²) in [7, 11) is 0. The smallest absolute Gasteiger partial charge is 0.0992 e. The molecule has 0 aliphatic carbocycles. The van der Waals surface area contributed by atoms with Crippen molar-refractivity contribution in [2.24, 2.45) is 0 Å². The summed E-state index contributed by atoms with van der Waals surface area (Å²) in [5, 5.41) is 14.0. The summed E-state index contributed by atoms with van der Waals surface area (Å²) in [4.78, 5) is 1.24. The summed E-state index contributed by atoms with van der Waals surface area (Å²) in [5.74, 6) is 0. The van der Waals surface area contributed by atoms with Crippen molar-refractivity contribution in [3.8, 4) is 6.07 Å². The minimum Gasteiger partial charge on any atom is -0.397 e. The maximum atomic E-state index is 8.79. The van der Waals surface area contributed by atoms with E-state index in [-0.39, 0.29) is 0 Å². The van der Waals surface area contributed by atoms with Crippen LogP contribution >= 0.6 is 11.3 Å². The molecule has 3 N–H and O–H groups in total. The normalized spacial score (nSPS) is 9.69. The van der Waals surface area contributed by atoms with Gasteiger partial charge in [0.2, 0.25) is 0 Å². The third-order valence-corrected chi connectivity index (χ3v) is 3.09. The third kappa shape index (κ3) is 2.33. The lowest BCUT2D eigenvalue weighted by atomic mass is 10.2. The van der Waals surface area contributed by atoms with Crippen LogP contribution in [0.5, 0.6) is 0 Å². The van der Waals surface area contributed by atoms with Crippen LogP contribution in [0, 0.1) is 11.3 Å². The van der Waals surface area contributed by atoms with Gasteiger partial charge in [-0.25, -0.2) is 0 Å². The van der Waals surface area contributed by atoms with Crippen LogP contribution < -0.4 is 11.1 Å². The Morgan fingerprint density at radius 3 is 2.94 bits per heavy atom. The molecule has 80 valence electrons. The largest absolute Gasteiger partial charge is 0.397 e. The average Bonchev–Trinajstić information content (AvgIpc) is 2.81. The molecule has 1 aromatic carbocycles.